The molecule has 2 N–H and O–H groups in total. The summed E-state index contributed by atoms with van der Waals surface area (Å²) in [7, 11) is -3.97. The van der Waals surface area contributed by atoms with Gasteiger partial charge in [-0.1, -0.05) is 18.2 Å². The second-order valence-corrected chi connectivity index (χ2v) is 7.39. The van der Waals surface area contributed by atoms with Crippen molar-refractivity contribution in [3.63, 3.8) is 0 Å². The number of hydrogen-bond donors (Lipinski definition) is 2. The summed E-state index contributed by atoms with van der Waals surface area (Å²) in [4.78, 5) is 13.4. The number of aromatic hydroxyl groups is 1. The first-order valence-corrected chi connectivity index (χ1v) is 9.08. The molecule has 1 aliphatic heterocycles. The van der Waals surface area contributed by atoms with E-state index in [1.54, 1.807) is 42.2 Å². The zero-order chi connectivity index (χ0) is 17.3. The Kier molecular flexibility index (Phi) is 4.19. The van der Waals surface area contributed by atoms with E-state index in [1.807, 2.05) is 0 Å². The van der Waals surface area contributed by atoms with Crippen LogP contribution in [0.25, 0.3) is 0 Å². The van der Waals surface area contributed by atoms with Crippen molar-refractivity contribution >= 4 is 27.3 Å². The van der Waals surface area contributed by atoms with Gasteiger partial charge in [-0.15, -0.1) is 0 Å². The van der Waals surface area contributed by atoms with Crippen molar-refractivity contribution in [1.29, 1.82) is 0 Å². The van der Waals surface area contributed by atoms with Crippen LogP contribution in [-0.2, 0) is 14.8 Å². The number of aryl methyl sites for hydroxylation is 1. The molecule has 0 atom stereocenters. The topological polar surface area (TPSA) is 86.7 Å². The quantitative estimate of drug-likeness (QED) is 0.891. The van der Waals surface area contributed by atoms with Crippen LogP contribution in [0.4, 0.5) is 11.4 Å². The van der Waals surface area contributed by atoms with E-state index in [1.165, 1.54) is 12.1 Å². The Morgan fingerprint density at radius 1 is 1.17 bits per heavy atom. The maximum Gasteiger partial charge on any atom is 0.265 e. The molecule has 1 aliphatic rings. The third-order valence-electron chi connectivity index (χ3n) is 3.92. The maximum atomic E-state index is 12.6. The van der Waals surface area contributed by atoms with Crippen LogP contribution >= 0.6 is 0 Å². The van der Waals surface area contributed by atoms with Crippen molar-refractivity contribution in [2.24, 2.45) is 0 Å². The third-order valence-corrected chi connectivity index (χ3v) is 5.31. The van der Waals surface area contributed by atoms with Crippen LogP contribution < -0.4 is 9.62 Å². The number of phenols is 1. The summed E-state index contributed by atoms with van der Waals surface area (Å²) >= 11 is 0. The molecule has 0 bridgehead atoms. The second kappa shape index (κ2) is 6.16. The van der Waals surface area contributed by atoms with Gasteiger partial charge in [-0.3, -0.25) is 9.52 Å². The number of nitrogens with one attached hydrogen (secondary N) is 1. The molecule has 1 saturated heterocycles. The fraction of sp³-hybridized carbons (Fsp3) is 0.235. The molecule has 24 heavy (non-hydrogen) atoms. The van der Waals surface area contributed by atoms with Crippen molar-refractivity contribution in [2.45, 2.75) is 24.7 Å². The number of benzene rings is 2. The molecule has 0 saturated carbocycles. The summed E-state index contributed by atoms with van der Waals surface area (Å²) in [6.45, 7) is 2.31. The minimum Gasteiger partial charge on any atom is -0.507 e. The van der Waals surface area contributed by atoms with Crippen molar-refractivity contribution in [3.05, 3.63) is 48.0 Å². The van der Waals surface area contributed by atoms with E-state index in [-0.39, 0.29) is 16.6 Å². The molecule has 0 aromatic heterocycles. The average Bonchev–Trinajstić information content (AvgIpc) is 2.96. The molecule has 0 aliphatic carbocycles. The van der Waals surface area contributed by atoms with Crippen LogP contribution in [0.5, 0.6) is 5.75 Å². The standard InChI is InChI=1S/C17H18N2O4S/c1-12-8-9-15(20)16(11-12)24(22,23)18-13-5-2-3-6-14(13)19-10-4-7-17(19)21/h2-3,5-6,8-9,11,18,20H,4,7,10H2,1H3. The van der Waals surface area contributed by atoms with Crippen molar-refractivity contribution in [3.8, 4) is 5.75 Å². The van der Waals surface area contributed by atoms with E-state index in [0.29, 0.717) is 24.3 Å². The second-order valence-electron chi connectivity index (χ2n) is 5.74. The smallest absolute Gasteiger partial charge is 0.265 e. The highest BCUT2D eigenvalue weighted by atomic mass is 32.2. The molecule has 1 amide bonds. The summed E-state index contributed by atoms with van der Waals surface area (Å²) in [5.41, 5.74) is 1.56. The number of rotatable bonds is 4. The predicted octanol–water partition coefficient (Wildman–Crippen LogP) is 2.63. The lowest BCUT2D eigenvalue weighted by atomic mass is 10.2. The van der Waals surface area contributed by atoms with Gasteiger partial charge in [0.25, 0.3) is 10.0 Å². The Labute approximate surface area is 140 Å². The van der Waals surface area contributed by atoms with Gasteiger partial charge >= 0.3 is 0 Å². The summed E-state index contributed by atoms with van der Waals surface area (Å²) in [5.74, 6) is -0.345. The Morgan fingerprint density at radius 3 is 2.62 bits per heavy atom. The lowest BCUT2D eigenvalue weighted by Gasteiger charge is -2.20. The SMILES string of the molecule is Cc1ccc(O)c(S(=O)(=O)Nc2ccccc2N2CCCC2=O)c1. The Morgan fingerprint density at radius 2 is 1.92 bits per heavy atom. The van der Waals surface area contributed by atoms with Crippen molar-refractivity contribution < 1.29 is 18.3 Å². The lowest BCUT2D eigenvalue weighted by molar-refractivity contribution is -0.117. The molecule has 1 fully saturated rings. The van der Waals surface area contributed by atoms with Crippen LogP contribution in [0.3, 0.4) is 0 Å². The molecule has 2 aromatic rings. The van der Waals surface area contributed by atoms with E-state index < -0.39 is 10.0 Å². The third kappa shape index (κ3) is 3.07. The number of hydrogen-bond acceptors (Lipinski definition) is 4. The molecule has 0 spiro atoms. The molecule has 0 radical (unpaired) electrons. The first kappa shape index (κ1) is 16.3. The maximum absolute atomic E-state index is 12.6. The molecule has 1 heterocycles. The van der Waals surface area contributed by atoms with E-state index in [9.17, 15) is 18.3 Å². The number of carbonyl (C=O) groups excluding carboxylic acids is 1. The van der Waals surface area contributed by atoms with E-state index in [4.69, 9.17) is 0 Å². The molecule has 3 rings (SSSR count). The van der Waals surface area contributed by atoms with E-state index in [2.05, 4.69) is 4.72 Å². The normalized spacial score (nSPS) is 14.9. The fourth-order valence-electron chi connectivity index (χ4n) is 2.73. The first-order chi connectivity index (χ1) is 11.4. The van der Waals surface area contributed by atoms with Crippen molar-refractivity contribution in [2.75, 3.05) is 16.2 Å². The number of anilines is 2. The highest BCUT2D eigenvalue weighted by Gasteiger charge is 2.26. The van der Waals surface area contributed by atoms with Crippen LogP contribution in [0.1, 0.15) is 18.4 Å². The van der Waals surface area contributed by atoms with Crippen LogP contribution in [0.2, 0.25) is 0 Å². The van der Waals surface area contributed by atoms with Gasteiger partial charge in [0.2, 0.25) is 5.91 Å². The number of nitrogens with zero attached hydrogens (tertiary/aromatic N) is 1. The van der Waals surface area contributed by atoms with Crippen LogP contribution in [-0.4, -0.2) is 26.0 Å². The molecular formula is C17H18N2O4S. The van der Waals surface area contributed by atoms with Gasteiger partial charge in [-0.25, -0.2) is 8.42 Å². The minimum absolute atomic E-state index is 0.0277. The lowest BCUT2D eigenvalue weighted by Crippen LogP contribution is -2.25. The highest BCUT2D eigenvalue weighted by molar-refractivity contribution is 7.92. The van der Waals surface area contributed by atoms with Crippen LogP contribution in [0, 0.1) is 6.92 Å². The number of sulfonamides is 1. The van der Waals surface area contributed by atoms with Gasteiger partial charge in [0.15, 0.2) is 0 Å². The van der Waals surface area contributed by atoms with E-state index in [0.717, 1.165) is 12.0 Å². The first-order valence-electron chi connectivity index (χ1n) is 7.60. The number of amides is 1. The van der Waals surface area contributed by atoms with Gasteiger partial charge in [-0.2, -0.15) is 0 Å². The molecule has 2 aromatic carbocycles. The van der Waals surface area contributed by atoms with Crippen LogP contribution in [0.15, 0.2) is 47.4 Å². The zero-order valence-electron chi connectivity index (χ0n) is 13.2. The Balaban J connectivity index is 1.99. The molecule has 0 unspecified atom stereocenters. The summed E-state index contributed by atoms with van der Waals surface area (Å²) in [6.07, 6.45) is 1.21. The minimum atomic E-state index is -3.97. The van der Waals surface area contributed by atoms with E-state index >= 15 is 0 Å². The summed E-state index contributed by atoms with van der Waals surface area (Å²) in [5, 5.41) is 9.89. The zero-order valence-corrected chi connectivity index (χ0v) is 14.0. The number of para-hydroxylation sites is 2. The summed E-state index contributed by atoms with van der Waals surface area (Å²) < 4.78 is 27.8. The van der Waals surface area contributed by atoms with Gasteiger partial charge in [-0.05, 0) is 43.2 Å². The van der Waals surface area contributed by atoms with Gasteiger partial charge < -0.3 is 10.0 Å². The molecule has 6 nitrogen and oxygen atoms in total. The largest absolute Gasteiger partial charge is 0.507 e. The highest BCUT2D eigenvalue weighted by Crippen LogP contribution is 2.32. The number of phenolic OH excluding ortho intramolecular Hbond substituents is 1. The fourth-order valence-corrected chi connectivity index (χ4v) is 3.99. The van der Waals surface area contributed by atoms with Gasteiger partial charge in [0.1, 0.15) is 10.6 Å². The van der Waals surface area contributed by atoms with Gasteiger partial charge in [0.05, 0.1) is 11.4 Å². The monoisotopic (exact) mass is 346 g/mol. The summed E-state index contributed by atoms with van der Waals surface area (Å²) in [6, 6.07) is 11.1. The molecule has 126 valence electrons. The Hall–Kier alpha value is -2.54. The van der Waals surface area contributed by atoms with Crippen molar-refractivity contribution in [1.82, 2.24) is 0 Å². The average molecular weight is 346 g/mol. The predicted molar refractivity (Wildman–Crippen MR) is 91.7 cm³/mol. The van der Waals surface area contributed by atoms with Gasteiger partial charge in [0, 0.05) is 13.0 Å². The molecular weight excluding hydrogens is 328 g/mol. The number of carbonyl (C=O) groups is 1. The Bertz CT molecular complexity index is 893. The molecule has 7 heteroatoms.